The third-order valence-electron chi connectivity index (χ3n) is 3.08. The smallest absolute Gasteiger partial charge is 0.338 e. The number of hydrogen-bond acceptors (Lipinski definition) is 2. The number of ether oxygens (including phenoxy) is 1. The second-order valence-corrected chi connectivity index (χ2v) is 4.31. The lowest BCUT2D eigenvalue weighted by molar-refractivity contribution is 0.0526. The molecule has 1 aromatic rings. The zero-order valence-electron chi connectivity index (χ0n) is 10.2. The Labute approximate surface area is 102 Å². The quantitative estimate of drug-likeness (QED) is 0.584. The van der Waals surface area contributed by atoms with Crippen molar-refractivity contribution in [1.82, 2.24) is 0 Å². The lowest BCUT2D eigenvalue weighted by Gasteiger charge is -2.17. The average Bonchev–Trinajstić information content (AvgIpc) is 2.40. The van der Waals surface area contributed by atoms with E-state index in [1.54, 1.807) is 0 Å². The summed E-state index contributed by atoms with van der Waals surface area (Å²) in [5, 5.41) is 0. The highest BCUT2D eigenvalue weighted by molar-refractivity contribution is 5.89. The van der Waals surface area contributed by atoms with Gasteiger partial charge in [-0.25, -0.2) is 4.79 Å². The van der Waals surface area contributed by atoms with Gasteiger partial charge in [-0.1, -0.05) is 24.3 Å². The Morgan fingerprint density at radius 1 is 1.47 bits per heavy atom. The minimum Gasteiger partial charge on any atom is -0.462 e. The molecule has 17 heavy (non-hydrogen) atoms. The molecule has 0 radical (unpaired) electrons. The standard InChI is InChI=1S/C15H18O2/c1-2-17-15(16)14-10-6-9-13(11-14)12-7-4-3-5-8-12/h4,6-7,9-12H,2-3,5,8H2,1H3. The molecule has 0 amide bonds. The van der Waals surface area contributed by atoms with Gasteiger partial charge >= 0.3 is 5.97 Å². The first-order valence-electron chi connectivity index (χ1n) is 6.25. The van der Waals surface area contributed by atoms with E-state index in [0.717, 1.165) is 0 Å². The van der Waals surface area contributed by atoms with Crippen LogP contribution in [0.15, 0.2) is 36.4 Å². The highest BCUT2D eigenvalue weighted by atomic mass is 16.5. The van der Waals surface area contributed by atoms with Gasteiger partial charge in [0.1, 0.15) is 0 Å². The van der Waals surface area contributed by atoms with Gasteiger partial charge in [0.05, 0.1) is 12.2 Å². The first-order chi connectivity index (χ1) is 8.31. The van der Waals surface area contributed by atoms with E-state index in [4.69, 9.17) is 4.74 Å². The zero-order chi connectivity index (χ0) is 12.1. The second-order valence-electron chi connectivity index (χ2n) is 4.31. The van der Waals surface area contributed by atoms with E-state index in [-0.39, 0.29) is 5.97 Å². The molecule has 0 heterocycles. The SMILES string of the molecule is CCOC(=O)c1cccc(C2C=CCCC2)c1. The van der Waals surface area contributed by atoms with Crippen LogP contribution in [0.4, 0.5) is 0 Å². The molecule has 1 aromatic carbocycles. The third kappa shape index (κ3) is 2.96. The minimum atomic E-state index is -0.228. The molecule has 0 saturated heterocycles. The lowest BCUT2D eigenvalue weighted by Crippen LogP contribution is -2.06. The van der Waals surface area contributed by atoms with Gasteiger partial charge in [-0.2, -0.15) is 0 Å². The van der Waals surface area contributed by atoms with Crippen molar-refractivity contribution in [3.63, 3.8) is 0 Å². The van der Waals surface area contributed by atoms with Crippen LogP contribution < -0.4 is 0 Å². The largest absolute Gasteiger partial charge is 0.462 e. The number of allylic oxidation sites excluding steroid dienone is 2. The first kappa shape index (κ1) is 11.9. The highest BCUT2D eigenvalue weighted by Gasteiger charge is 2.13. The maximum atomic E-state index is 11.6. The van der Waals surface area contributed by atoms with Gasteiger partial charge in [-0.15, -0.1) is 0 Å². The number of carbonyl (C=O) groups excluding carboxylic acids is 1. The van der Waals surface area contributed by atoms with Crippen LogP contribution in [0.3, 0.4) is 0 Å². The Hall–Kier alpha value is -1.57. The molecular formula is C15H18O2. The van der Waals surface area contributed by atoms with Crippen LogP contribution in [0.1, 0.15) is 48.0 Å². The van der Waals surface area contributed by atoms with E-state index in [9.17, 15) is 4.79 Å². The monoisotopic (exact) mass is 230 g/mol. The molecule has 1 aliphatic rings. The van der Waals surface area contributed by atoms with E-state index in [0.29, 0.717) is 18.1 Å². The Morgan fingerprint density at radius 3 is 3.06 bits per heavy atom. The van der Waals surface area contributed by atoms with Crippen LogP contribution in [0.2, 0.25) is 0 Å². The fraction of sp³-hybridized carbons (Fsp3) is 0.400. The summed E-state index contributed by atoms with van der Waals surface area (Å²) >= 11 is 0. The van der Waals surface area contributed by atoms with Crippen molar-refractivity contribution in [1.29, 1.82) is 0 Å². The summed E-state index contributed by atoms with van der Waals surface area (Å²) in [4.78, 5) is 11.6. The van der Waals surface area contributed by atoms with Crippen molar-refractivity contribution in [2.24, 2.45) is 0 Å². The number of hydrogen-bond donors (Lipinski definition) is 0. The lowest BCUT2D eigenvalue weighted by atomic mass is 9.88. The van der Waals surface area contributed by atoms with Gasteiger partial charge in [-0.05, 0) is 43.9 Å². The predicted octanol–water partition coefficient (Wildman–Crippen LogP) is 3.69. The first-order valence-corrected chi connectivity index (χ1v) is 6.25. The fourth-order valence-corrected chi connectivity index (χ4v) is 2.20. The molecule has 2 rings (SSSR count). The van der Waals surface area contributed by atoms with Gasteiger partial charge in [0.2, 0.25) is 0 Å². The van der Waals surface area contributed by atoms with E-state index in [1.807, 2.05) is 25.1 Å². The summed E-state index contributed by atoms with van der Waals surface area (Å²) in [6, 6.07) is 7.79. The van der Waals surface area contributed by atoms with Crippen molar-refractivity contribution < 1.29 is 9.53 Å². The zero-order valence-corrected chi connectivity index (χ0v) is 10.2. The van der Waals surface area contributed by atoms with E-state index in [2.05, 4.69) is 18.2 Å². The molecule has 0 fully saturated rings. The van der Waals surface area contributed by atoms with Crippen LogP contribution in [0, 0.1) is 0 Å². The van der Waals surface area contributed by atoms with Crippen LogP contribution in [0.5, 0.6) is 0 Å². The molecule has 0 bridgehead atoms. The molecule has 2 heteroatoms. The van der Waals surface area contributed by atoms with Gasteiger partial charge in [0, 0.05) is 5.92 Å². The Balaban J connectivity index is 2.18. The highest BCUT2D eigenvalue weighted by Crippen LogP contribution is 2.28. The molecule has 0 aromatic heterocycles. The van der Waals surface area contributed by atoms with Crippen molar-refractivity contribution in [3.8, 4) is 0 Å². The molecule has 90 valence electrons. The maximum Gasteiger partial charge on any atom is 0.338 e. The van der Waals surface area contributed by atoms with Crippen LogP contribution in [0.25, 0.3) is 0 Å². The molecule has 0 N–H and O–H groups in total. The number of benzene rings is 1. The molecule has 2 nitrogen and oxygen atoms in total. The van der Waals surface area contributed by atoms with Crippen LogP contribution in [-0.2, 0) is 4.74 Å². The molecule has 0 aliphatic heterocycles. The van der Waals surface area contributed by atoms with E-state index >= 15 is 0 Å². The van der Waals surface area contributed by atoms with Crippen molar-refractivity contribution >= 4 is 5.97 Å². The summed E-state index contributed by atoms with van der Waals surface area (Å²) in [5.41, 5.74) is 1.87. The number of esters is 1. The Kier molecular flexibility index (Phi) is 3.97. The topological polar surface area (TPSA) is 26.3 Å². The van der Waals surface area contributed by atoms with E-state index < -0.39 is 0 Å². The minimum absolute atomic E-state index is 0.228. The molecular weight excluding hydrogens is 212 g/mol. The summed E-state index contributed by atoms with van der Waals surface area (Å²) in [5.74, 6) is 0.229. The summed E-state index contributed by atoms with van der Waals surface area (Å²) < 4.78 is 5.01. The van der Waals surface area contributed by atoms with Crippen LogP contribution in [-0.4, -0.2) is 12.6 Å². The van der Waals surface area contributed by atoms with Crippen molar-refractivity contribution in [2.75, 3.05) is 6.61 Å². The Bertz CT molecular complexity index is 421. The number of carbonyl (C=O) groups is 1. The van der Waals surface area contributed by atoms with Gasteiger partial charge in [0.15, 0.2) is 0 Å². The molecule has 0 spiro atoms. The second kappa shape index (κ2) is 5.67. The molecule has 1 atom stereocenters. The Morgan fingerprint density at radius 2 is 2.35 bits per heavy atom. The molecule has 1 unspecified atom stereocenters. The number of rotatable bonds is 3. The van der Waals surface area contributed by atoms with Crippen LogP contribution >= 0.6 is 0 Å². The van der Waals surface area contributed by atoms with E-state index in [1.165, 1.54) is 24.8 Å². The maximum absolute atomic E-state index is 11.6. The summed E-state index contributed by atoms with van der Waals surface area (Å²) in [7, 11) is 0. The average molecular weight is 230 g/mol. The van der Waals surface area contributed by atoms with Crippen molar-refractivity contribution in [3.05, 3.63) is 47.5 Å². The third-order valence-corrected chi connectivity index (χ3v) is 3.08. The molecule has 1 aliphatic carbocycles. The molecule has 0 saturated carbocycles. The normalized spacial score (nSPS) is 19.0. The predicted molar refractivity (Wildman–Crippen MR) is 68.1 cm³/mol. The summed E-state index contributed by atoms with van der Waals surface area (Å²) in [6.45, 7) is 2.25. The summed E-state index contributed by atoms with van der Waals surface area (Å²) in [6.07, 6.45) is 8.04. The van der Waals surface area contributed by atoms with Gasteiger partial charge in [-0.3, -0.25) is 0 Å². The van der Waals surface area contributed by atoms with Crippen molar-refractivity contribution in [2.45, 2.75) is 32.1 Å². The van der Waals surface area contributed by atoms with Gasteiger partial charge in [0.25, 0.3) is 0 Å². The fourth-order valence-electron chi connectivity index (χ4n) is 2.20. The van der Waals surface area contributed by atoms with Gasteiger partial charge < -0.3 is 4.74 Å².